The Labute approximate surface area is 119 Å². The van der Waals surface area contributed by atoms with Crippen LogP contribution in [0.3, 0.4) is 0 Å². The zero-order valence-corrected chi connectivity index (χ0v) is 12.8. The van der Waals surface area contributed by atoms with E-state index in [9.17, 15) is 0 Å². The SMILES string of the molecule is CC(C)CC(N)c1nc(CSC2CCCCC2)no1. The van der Waals surface area contributed by atoms with Gasteiger partial charge in [0.05, 0.1) is 11.8 Å². The number of hydrogen-bond acceptors (Lipinski definition) is 5. The Hall–Kier alpha value is -0.550. The molecule has 0 aromatic carbocycles. The van der Waals surface area contributed by atoms with Crippen molar-refractivity contribution in [1.29, 1.82) is 0 Å². The highest BCUT2D eigenvalue weighted by molar-refractivity contribution is 7.99. The summed E-state index contributed by atoms with van der Waals surface area (Å²) in [5.74, 6) is 2.78. The Morgan fingerprint density at radius 1 is 1.32 bits per heavy atom. The fourth-order valence-electron chi connectivity index (χ4n) is 2.51. The fourth-order valence-corrected chi connectivity index (χ4v) is 3.68. The molecule has 0 spiro atoms. The van der Waals surface area contributed by atoms with Crippen LogP contribution in [0.1, 0.15) is 70.1 Å². The van der Waals surface area contributed by atoms with E-state index in [0.29, 0.717) is 11.8 Å². The highest BCUT2D eigenvalue weighted by Crippen LogP contribution is 2.30. The van der Waals surface area contributed by atoms with Gasteiger partial charge >= 0.3 is 0 Å². The molecule has 2 N–H and O–H groups in total. The second kappa shape index (κ2) is 7.29. The van der Waals surface area contributed by atoms with E-state index in [4.69, 9.17) is 10.3 Å². The van der Waals surface area contributed by atoms with Crippen LogP contribution in [0.4, 0.5) is 0 Å². The van der Waals surface area contributed by atoms with Crippen LogP contribution in [0.5, 0.6) is 0 Å². The van der Waals surface area contributed by atoms with Crippen molar-refractivity contribution < 1.29 is 4.52 Å². The van der Waals surface area contributed by atoms with Gasteiger partial charge in [-0.25, -0.2) is 0 Å². The largest absolute Gasteiger partial charge is 0.338 e. The van der Waals surface area contributed by atoms with Gasteiger partial charge in [-0.1, -0.05) is 38.3 Å². The van der Waals surface area contributed by atoms with Gasteiger partial charge in [0.2, 0.25) is 5.89 Å². The first-order valence-electron chi connectivity index (χ1n) is 7.35. The molecule has 1 aromatic heterocycles. The summed E-state index contributed by atoms with van der Waals surface area (Å²) in [6.07, 6.45) is 7.69. The fraction of sp³-hybridized carbons (Fsp3) is 0.857. The first-order chi connectivity index (χ1) is 9.15. The molecule has 0 aliphatic heterocycles. The van der Waals surface area contributed by atoms with E-state index in [-0.39, 0.29) is 6.04 Å². The number of aromatic nitrogens is 2. The quantitative estimate of drug-likeness (QED) is 0.862. The highest BCUT2D eigenvalue weighted by Gasteiger charge is 2.18. The molecule has 4 nitrogen and oxygen atoms in total. The van der Waals surface area contributed by atoms with E-state index in [0.717, 1.165) is 23.2 Å². The van der Waals surface area contributed by atoms with E-state index in [2.05, 4.69) is 24.0 Å². The summed E-state index contributed by atoms with van der Waals surface area (Å²) in [6, 6.07) is -0.124. The van der Waals surface area contributed by atoms with E-state index in [1.165, 1.54) is 32.1 Å². The summed E-state index contributed by atoms with van der Waals surface area (Å²) in [6.45, 7) is 4.30. The number of thioether (sulfide) groups is 1. The topological polar surface area (TPSA) is 64.9 Å². The number of nitrogens with two attached hydrogens (primary N) is 1. The van der Waals surface area contributed by atoms with Crippen molar-refractivity contribution in [3.8, 4) is 0 Å². The predicted molar refractivity (Wildman–Crippen MR) is 78.8 cm³/mol. The van der Waals surface area contributed by atoms with Crippen LogP contribution in [-0.4, -0.2) is 15.4 Å². The lowest BCUT2D eigenvalue weighted by Gasteiger charge is -2.20. The summed E-state index contributed by atoms with van der Waals surface area (Å²) in [4.78, 5) is 4.42. The molecule has 1 saturated carbocycles. The standard InChI is InChI=1S/C14H25N3OS/c1-10(2)8-12(15)14-16-13(17-18-14)9-19-11-6-4-3-5-7-11/h10-12H,3-9,15H2,1-2H3. The molecule has 1 aliphatic carbocycles. The summed E-state index contributed by atoms with van der Waals surface area (Å²) in [5.41, 5.74) is 6.05. The highest BCUT2D eigenvalue weighted by atomic mass is 32.2. The average molecular weight is 283 g/mol. The monoisotopic (exact) mass is 283 g/mol. The van der Waals surface area contributed by atoms with Crippen LogP contribution in [0.25, 0.3) is 0 Å². The maximum Gasteiger partial charge on any atom is 0.243 e. The molecule has 1 heterocycles. The van der Waals surface area contributed by atoms with Gasteiger partial charge in [-0.3, -0.25) is 0 Å². The normalized spacial score (nSPS) is 18.9. The maximum absolute atomic E-state index is 6.05. The van der Waals surface area contributed by atoms with Gasteiger partial charge < -0.3 is 10.3 Å². The Kier molecular flexibility index (Phi) is 5.70. The summed E-state index contributed by atoms with van der Waals surface area (Å²) in [5, 5.41) is 4.82. The summed E-state index contributed by atoms with van der Waals surface area (Å²) in [7, 11) is 0. The van der Waals surface area contributed by atoms with Gasteiger partial charge in [-0.15, -0.1) is 0 Å². The van der Waals surface area contributed by atoms with E-state index >= 15 is 0 Å². The lowest BCUT2D eigenvalue weighted by Crippen LogP contribution is -2.13. The van der Waals surface area contributed by atoms with Gasteiger partial charge in [0.1, 0.15) is 0 Å². The first kappa shape index (κ1) is 14.9. The summed E-state index contributed by atoms with van der Waals surface area (Å²) >= 11 is 1.96. The molecular weight excluding hydrogens is 258 g/mol. The van der Waals surface area contributed by atoms with Gasteiger partial charge in [0.25, 0.3) is 0 Å². The van der Waals surface area contributed by atoms with E-state index in [1.807, 2.05) is 11.8 Å². The third kappa shape index (κ3) is 4.80. The van der Waals surface area contributed by atoms with Crippen LogP contribution >= 0.6 is 11.8 Å². The average Bonchev–Trinajstić information content (AvgIpc) is 2.86. The van der Waals surface area contributed by atoms with Crippen molar-refractivity contribution in [2.75, 3.05) is 0 Å². The van der Waals surface area contributed by atoms with Crippen molar-refractivity contribution >= 4 is 11.8 Å². The summed E-state index contributed by atoms with van der Waals surface area (Å²) < 4.78 is 5.27. The van der Waals surface area contributed by atoms with Crippen LogP contribution in [-0.2, 0) is 5.75 Å². The molecule has 2 rings (SSSR count). The van der Waals surface area contributed by atoms with Crippen molar-refractivity contribution in [3.05, 3.63) is 11.7 Å². The van der Waals surface area contributed by atoms with Crippen molar-refractivity contribution in [2.45, 2.75) is 69.4 Å². The molecule has 108 valence electrons. The van der Waals surface area contributed by atoms with E-state index < -0.39 is 0 Å². The predicted octanol–water partition coefficient (Wildman–Crippen LogP) is 3.68. The molecule has 0 saturated heterocycles. The van der Waals surface area contributed by atoms with Crippen LogP contribution < -0.4 is 5.73 Å². The lowest BCUT2D eigenvalue weighted by atomic mass is 10.0. The van der Waals surface area contributed by atoms with Crippen LogP contribution in [0.15, 0.2) is 4.52 Å². The molecule has 1 atom stereocenters. The van der Waals surface area contributed by atoms with Gasteiger partial charge in [-0.05, 0) is 25.2 Å². The Bertz CT molecular complexity index is 375. The number of rotatable bonds is 6. The zero-order chi connectivity index (χ0) is 13.7. The Morgan fingerprint density at radius 3 is 2.74 bits per heavy atom. The minimum absolute atomic E-state index is 0.124. The lowest BCUT2D eigenvalue weighted by molar-refractivity contribution is 0.333. The molecule has 1 unspecified atom stereocenters. The first-order valence-corrected chi connectivity index (χ1v) is 8.39. The van der Waals surface area contributed by atoms with Crippen molar-refractivity contribution in [2.24, 2.45) is 11.7 Å². The molecule has 1 fully saturated rings. The molecular formula is C14H25N3OS. The van der Waals surface area contributed by atoms with Crippen LogP contribution in [0, 0.1) is 5.92 Å². The molecule has 1 aromatic rings. The van der Waals surface area contributed by atoms with Gasteiger partial charge in [-0.2, -0.15) is 16.7 Å². The Morgan fingerprint density at radius 2 is 2.05 bits per heavy atom. The third-order valence-corrected chi connectivity index (χ3v) is 4.89. The van der Waals surface area contributed by atoms with E-state index in [1.54, 1.807) is 0 Å². The minimum atomic E-state index is -0.124. The minimum Gasteiger partial charge on any atom is -0.338 e. The molecule has 0 radical (unpaired) electrons. The number of hydrogen-bond donors (Lipinski definition) is 1. The Balaban J connectivity index is 1.79. The molecule has 1 aliphatic rings. The second-order valence-electron chi connectivity index (χ2n) is 5.86. The van der Waals surface area contributed by atoms with Crippen LogP contribution in [0.2, 0.25) is 0 Å². The number of nitrogens with zero attached hydrogens (tertiary/aromatic N) is 2. The third-order valence-electron chi connectivity index (χ3n) is 3.53. The second-order valence-corrected chi connectivity index (χ2v) is 7.14. The molecule has 5 heteroatoms. The van der Waals surface area contributed by atoms with Gasteiger partial charge in [0, 0.05) is 5.25 Å². The van der Waals surface area contributed by atoms with Crippen molar-refractivity contribution in [3.63, 3.8) is 0 Å². The van der Waals surface area contributed by atoms with Gasteiger partial charge in [0.15, 0.2) is 5.82 Å². The molecule has 0 bridgehead atoms. The zero-order valence-electron chi connectivity index (χ0n) is 12.0. The molecule has 0 amide bonds. The maximum atomic E-state index is 6.05. The smallest absolute Gasteiger partial charge is 0.243 e. The van der Waals surface area contributed by atoms with Crippen molar-refractivity contribution in [1.82, 2.24) is 10.1 Å². The molecule has 19 heavy (non-hydrogen) atoms.